The molecule has 0 spiro atoms. The minimum atomic E-state index is -0.142. The first-order valence-electron chi connectivity index (χ1n) is 8.83. The molecule has 1 fully saturated rings. The van der Waals surface area contributed by atoms with Gasteiger partial charge in [0.05, 0.1) is 17.6 Å². The molecule has 0 N–H and O–H groups in total. The molecule has 0 bridgehead atoms. The average Bonchev–Trinajstić information content (AvgIpc) is 3.14. The number of hydrogen-bond donors (Lipinski definition) is 0. The maximum Gasteiger partial charge on any atom is 0.432 e. The summed E-state index contributed by atoms with van der Waals surface area (Å²) in [6.45, 7) is 4.38. The zero-order chi connectivity index (χ0) is 17.9. The predicted molar refractivity (Wildman–Crippen MR) is 104 cm³/mol. The van der Waals surface area contributed by atoms with Gasteiger partial charge in [-0.25, -0.2) is 9.00 Å². The molecule has 1 saturated carbocycles. The molecule has 1 atom stereocenters. The molecule has 1 aromatic carbocycles. The molecule has 1 aromatic rings. The van der Waals surface area contributed by atoms with Crippen LogP contribution in [-0.2, 0) is 10.0 Å². The number of hydrogen-bond acceptors (Lipinski definition) is 1. The van der Waals surface area contributed by atoms with Crippen molar-refractivity contribution in [1.82, 2.24) is 0 Å². The Bertz CT molecular complexity index is 937. The van der Waals surface area contributed by atoms with Gasteiger partial charge in [0.1, 0.15) is 14.1 Å². The third-order valence-corrected chi connectivity index (χ3v) is 5.51. The topological polar surface area (TPSA) is 17.6 Å². The Hall–Kier alpha value is -2.42. The minimum absolute atomic E-state index is 0.142. The second-order valence-electron chi connectivity index (χ2n) is 7.70. The van der Waals surface area contributed by atoms with Gasteiger partial charge in [-0.15, -0.1) is 0 Å². The van der Waals surface area contributed by atoms with Crippen molar-refractivity contribution in [3.63, 3.8) is 0 Å². The van der Waals surface area contributed by atoms with Gasteiger partial charge in [0.2, 0.25) is 0 Å². The second kappa shape index (κ2) is 5.29. The number of anilines is 1. The lowest BCUT2D eigenvalue weighted by Crippen LogP contribution is -2.32. The van der Waals surface area contributed by atoms with Gasteiger partial charge in [-0.05, 0) is 54.8 Å². The number of aryl methyl sites for hydroxylation is 1. The SMILES string of the molecule is CC1=CC(=[N+](C)C)C=CC1=C1CC2(c3ccc(N(C)C)cc3C)[O+]=C12. The molecular formula is C22H26N2O+2. The molecule has 2 aliphatic carbocycles. The lowest BCUT2D eigenvalue weighted by molar-refractivity contribution is -0.462. The highest BCUT2D eigenvalue weighted by Crippen LogP contribution is 2.56. The third-order valence-electron chi connectivity index (χ3n) is 5.51. The number of nitrogens with zero attached hydrogens (tertiary/aromatic N) is 2. The second-order valence-corrected chi connectivity index (χ2v) is 7.70. The molecular weight excluding hydrogens is 308 g/mol. The molecule has 4 rings (SSSR count). The first-order valence-corrected chi connectivity index (χ1v) is 8.83. The van der Waals surface area contributed by atoms with Gasteiger partial charge < -0.3 is 4.90 Å². The fourth-order valence-electron chi connectivity index (χ4n) is 3.93. The van der Waals surface area contributed by atoms with Crippen LogP contribution < -0.4 is 4.90 Å². The number of fused-ring (bicyclic) bond motifs is 1. The highest BCUT2D eigenvalue weighted by atomic mass is 16.5. The Labute approximate surface area is 150 Å². The molecule has 3 heteroatoms. The Morgan fingerprint density at radius 1 is 1.12 bits per heavy atom. The minimum Gasteiger partial charge on any atom is -0.378 e. The van der Waals surface area contributed by atoms with Gasteiger partial charge in [-0.2, -0.15) is 0 Å². The maximum atomic E-state index is 6.14. The van der Waals surface area contributed by atoms with Crippen molar-refractivity contribution in [1.29, 1.82) is 0 Å². The van der Waals surface area contributed by atoms with Crippen molar-refractivity contribution >= 4 is 17.2 Å². The van der Waals surface area contributed by atoms with Crippen molar-refractivity contribution in [3.8, 4) is 0 Å². The van der Waals surface area contributed by atoms with Crippen molar-refractivity contribution in [2.24, 2.45) is 0 Å². The summed E-state index contributed by atoms with van der Waals surface area (Å²) in [5, 5.41) is 0. The van der Waals surface area contributed by atoms with Gasteiger partial charge in [0, 0.05) is 31.9 Å². The quantitative estimate of drug-likeness (QED) is 0.461. The molecule has 128 valence electrons. The van der Waals surface area contributed by atoms with E-state index in [4.69, 9.17) is 4.42 Å². The summed E-state index contributed by atoms with van der Waals surface area (Å²) >= 11 is 0. The summed E-state index contributed by atoms with van der Waals surface area (Å²) in [6, 6.07) is 6.67. The number of benzene rings is 1. The maximum absolute atomic E-state index is 6.14. The van der Waals surface area contributed by atoms with Crippen molar-refractivity contribution in [2.75, 3.05) is 33.1 Å². The van der Waals surface area contributed by atoms with Gasteiger partial charge in [0.25, 0.3) is 0 Å². The molecule has 0 amide bonds. The number of carbonyl (C=O) groups excluding carboxylic acids is 1. The van der Waals surface area contributed by atoms with Crippen LogP contribution >= 0.6 is 0 Å². The molecule has 1 unspecified atom stereocenters. The van der Waals surface area contributed by atoms with Crippen LogP contribution in [-0.4, -0.2) is 44.3 Å². The zero-order valence-electron chi connectivity index (χ0n) is 16.0. The normalized spacial score (nSPS) is 26.6. The van der Waals surface area contributed by atoms with Crippen LogP contribution in [0, 0.1) is 6.92 Å². The summed E-state index contributed by atoms with van der Waals surface area (Å²) in [7, 11) is 8.31. The number of rotatable bonds is 2. The monoisotopic (exact) mass is 334 g/mol. The Balaban J connectivity index is 1.62. The van der Waals surface area contributed by atoms with Gasteiger partial charge in [0.15, 0.2) is 5.71 Å². The average molecular weight is 334 g/mol. The van der Waals surface area contributed by atoms with Crippen LogP contribution in [0.25, 0.3) is 0 Å². The molecule has 3 aliphatic rings. The number of allylic oxidation sites excluding steroid dienone is 5. The van der Waals surface area contributed by atoms with Gasteiger partial charge in [-0.3, -0.25) is 0 Å². The van der Waals surface area contributed by atoms with Gasteiger partial charge >= 0.3 is 11.4 Å². The summed E-state index contributed by atoms with van der Waals surface area (Å²) < 4.78 is 8.28. The van der Waals surface area contributed by atoms with E-state index in [1.54, 1.807) is 0 Å². The van der Waals surface area contributed by atoms with E-state index in [1.165, 1.54) is 45.0 Å². The van der Waals surface area contributed by atoms with E-state index in [-0.39, 0.29) is 5.60 Å². The fourth-order valence-corrected chi connectivity index (χ4v) is 3.93. The van der Waals surface area contributed by atoms with Crippen molar-refractivity contribution in [2.45, 2.75) is 25.9 Å². The zero-order valence-corrected chi connectivity index (χ0v) is 16.0. The Morgan fingerprint density at radius 3 is 2.44 bits per heavy atom. The fraction of sp³-hybridized carbons (Fsp3) is 0.364. The van der Waals surface area contributed by atoms with Crippen LogP contribution in [0.2, 0.25) is 0 Å². The third kappa shape index (κ3) is 2.33. The highest BCUT2D eigenvalue weighted by Gasteiger charge is 2.81. The van der Waals surface area contributed by atoms with Crippen LogP contribution in [0.5, 0.6) is 0 Å². The van der Waals surface area contributed by atoms with Crippen molar-refractivity contribution in [3.05, 3.63) is 64.3 Å². The van der Waals surface area contributed by atoms with Crippen LogP contribution in [0.15, 0.2) is 53.1 Å². The summed E-state index contributed by atoms with van der Waals surface area (Å²) in [6.07, 6.45) is 7.66. The van der Waals surface area contributed by atoms with E-state index in [1.807, 2.05) is 0 Å². The van der Waals surface area contributed by atoms with Crippen LogP contribution in [0.1, 0.15) is 24.5 Å². The molecule has 0 saturated heterocycles. The van der Waals surface area contributed by atoms with Crippen LogP contribution in [0.4, 0.5) is 5.69 Å². The van der Waals surface area contributed by atoms with Crippen molar-refractivity contribution < 1.29 is 9.00 Å². The standard InChI is InChI=1S/C22H26N2O/c1-14-11-16(23(3)4)7-9-18(14)19-13-22(21(19)25-22)20-10-8-17(24(5)6)12-15(20)2/h7-12H,13H2,1-6H3/q+2. The lowest BCUT2D eigenvalue weighted by Gasteiger charge is -2.19. The predicted octanol–water partition coefficient (Wildman–Crippen LogP) is 3.30. The molecule has 1 aliphatic heterocycles. The van der Waals surface area contributed by atoms with E-state index < -0.39 is 0 Å². The lowest BCUT2D eigenvalue weighted by atomic mass is 9.70. The van der Waals surface area contributed by atoms with E-state index in [0.29, 0.717) is 0 Å². The smallest absolute Gasteiger partial charge is 0.378 e. The summed E-state index contributed by atoms with van der Waals surface area (Å²) in [5.74, 6) is 1.17. The Morgan fingerprint density at radius 2 is 1.88 bits per heavy atom. The largest absolute Gasteiger partial charge is 0.432 e. The summed E-state index contributed by atoms with van der Waals surface area (Å²) in [4.78, 5) is 2.14. The molecule has 25 heavy (non-hydrogen) atoms. The first kappa shape index (κ1) is 16.1. The van der Waals surface area contributed by atoms with E-state index in [0.717, 1.165) is 6.42 Å². The van der Waals surface area contributed by atoms with E-state index >= 15 is 0 Å². The Kier molecular flexibility index (Phi) is 3.40. The van der Waals surface area contributed by atoms with Crippen LogP contribution in [0.3, 0.4) is 0 Å². The molecule has 1 heterocycles. The van der Waals surface area contributed by atoms with E-state index in [9.17, 15) is 0 Å². The summed E-state index contributed by atoms with van der Waals surface area (Å²) in [5.41, 5.74) is 8.98. The molecule has 0 aromatic heterocycles. The molecule has 3 nitrogen and oxygen atoms in total. The van der Waals surface area contributed by atoms with Gasteiger partial charge in [-0.1, -0.05) is 0 Å². The number of ketones is 1. The first-order chi connectivity index (χ1) is 11.8. The molecule has 0 radical (unpaired) electrons. The van der Waals surface area contributed by atoms with E-state index in [2.05, 4.69) is 87.9 Å². The highest BCUT2D eigenvalue weighted by molar-refractivity contribution is 6.17.